The Balaban J connectivity index is 1.56. The monoisotopic (exact) mass is 431 g/mol. The van der Waals surface area contributed by atoms with Gasteiger partial charge in [0.15, 0.2) is 0 Å². The Morgan fingerprint density at radius 2 is 1.81 bits per heavy atom. The second-order valence-corrected chi connectivity index (χ2v) is 7.34. The molecule has 10 heteroatoms. The van der Waals surface area contributed by atoms with Gasteiger partial charge in [-0.2, -0.15) is 13.2 Å². The molecule has 3 heterocycles. The summed E-state index contributed by atoms with van der Waals surface area (Å²) < 4.78 is 41.8. The number of hydrogen-bond donors (Lipinski definition) is 1. The third kappa shape index (κ3) is 4.47. The van der Waals surface area contributed by atoms with Gasteiger partial charge in [-0.15, -0.1) is 0 Å². The van der Waals surface area contributed by atoms with E-state index in [1.54, 1.807) is 19.2 Å². The second-order valence-electron chi connectivity index (χ2n) is 7.34. The van der Waals surface area contributed by atoms with Crippen molar-refractivity contribution in [2.24, 2.45) is 0 Å². The Labute approximate surface area is 176 Å². The normalized spacial score (nSPS) is 14.7. The highest BCUT2D eigenvalue weighted by Crippen LogP contribution is 2.32. The highest BCUT2D eigenvalue weighted by molar-refractivity contribution is 5.95. The first-order valence-electron chi connectivity index (χ1n) is 9.63. The maximum absolute atomic E-state index is 13.5. The van der Waals surface area contributed by atoms with Crippen molar-refractivity contribution in [3.8, 4) is 11.4 Å². The Morgan fingerprint density at radius 1 is 1.06 bits per heavy atom. The summed E-state index contributed by atoms with van der Waals surface area (Å²) in [4.78, 5) is 24.7. The van der Waals surface area contributed by atoms with Crippen LogP contribution in [0.25, 0.3) is 5.69 Å². The number of rotatable bonds is 3. The standard InChI is InChI=1S/C21H20F3N5O2/c1-14-12-29(13-26-14)17-9-15(8-16(10-17)21(22,23)24)20(31)28-6-4-27(5-7-28)19-3-2-18(30)11-25-19/h2-3,8-13,30H,4-7H2,1H3. The van der Waals surface area contributed by atoms with Crippen LogP contribution in [-0.4, -0.2) is 56.6 Å². The van der Waals surface area contributed by atoms with Crippen LogP contribution < -0.4 is 4.90 Å². The molecule has 0 bridgehead atoms. The summed E-state index contributed by atoms with van der Waals surface area (Å²) in [7, 11) is 0. The van der Waals surface area contributed by atoms with Crippen LogP contribution in [0.1, 0.15) is 21.6 Å². The number of pyridine rings is 1. The third-order valence-electron chi connectivity index (χ3n) is 5.13. The number of hydrogen-bond acceptors (Lipinski definition) is 5. The lowest BCUT2D eigenvalue weighted by Crippen LogP contribution is -2.49. The second kappa shape index (κ2) is 7.93. The van der Waals surface area contributed by atoms with Crippen molar-refractivity contribution in [1.29, 1.82) is 0 Å². The number of amides is 1. The number of aromatic hydroxyl groups is 1. The molecule has 0 saturated carbocycles. The zero-order chi connectivity index (χ0) is 22.2. The van der Waals surface area contributed by atoms with Crippen molar-refractivity contribution >= 4 is 11.7 Å². The van der Waals surface area contributed by atoms with Crippen LogP contribution >= 0.6 is 0 Å². The molecule has 1 aliphatic rings. The van der Waals surface area contributed by atoms with Gasteiger partial charge < -0.3 is 19.5 Å². The van der Waals surface area contributed by atoms with E-state index in [4.69, 9.17) is 0 Å². The van der Waals surface area contributed by atoms with Crippen molar-refractivity contribution in [2.45, 2.75) is 13.1 Å². The lowest BCUT2D eigenvalue weighted by Gasteiger charge is -2.35. The van der Waals surface area contributed by atoms with E-state index in [0.29, 0.717) is 37.7 Å². The molecule has 0 atom stereocenters. The topological polar surface area (TPSA) is 74.5 Å². The Bertz CT molecular complexity index is 1090. The van der Waals surface area contributed by atoms with Crippen LogP contribution in [0.15, 0.2) is 49.1 Å². The fourth-order valence-corrected chi connectivity index (χ4v) is 3.50. The van der Waals surface area contributed by atoms with E-state index in [1.165, 1.54) is 34.1 Å². The third-order valence-corrected chi connectivity index (χ3v) is 5.13. The molecule has 3 aromatic rings. The van der Waals surface area contributed by atoms with Crippen LogP contribution in [0.2, 0.25) is 0 Å². The number of piperazine rings is 1. The van der Waals surface area contributed by atoms with Crippen molar-refractivity contribution < 1.29 is 23.1 Å². The summed E-state index contributed by atoms with van der Waals surface area (Å²) in [5, 5.41) is 9.36. The molecule has 7 nitrogen and oxygen atoms in total. The number of nitrogens with zero attached hydrogens (tertiary/aromatic N) is 5. The molecule has 1 amide bonds. The Morgan fingerprint density at radius 3 is 2.39 bits per heavy atom. The molecule has 162 valence electrons. The van der Waals surface area contributed by atoms with E-state index >= 15 is 0 Å². The molecule has 2 aromatic heterocycles. The molecule has 1 aromatic carbocycles. The first-order valence-corrected chi connectivity index (χ1v) is 9.63. The predicted octanol–water partition coefficient (Wildman–Crippen LogP) is 3.26. The summed E-state index contributed by atoms with van der Waals surface area (Å²) in [6.45, 7) is 3.39. The number of alkyl halides is 3. The van der Waals surface area contributed by atoms with Gasteiger partial charge in [-0.3, -0.25) is 4.79 Å². The van der Waals surface area contributed by atoms with E-state index in [9.17, 15) is 23.1 Å². The lowest BCUT2D eigenvalue weighted by atomic mass is 10.1. The van der Waals surface area contributed by atoms with Crippen LogP contribution in [-0.2, 0) is 6.18 Å². The van der Waals surface area contributed by atoms with Crippen molar-refractivity contribution in [1.82, 2.24) is 19.4 Å². The van der Waals surface area contributed by atoms with Gasteiger partial charge in [0.05, 0.1) is 23.8 Å². The maximum atomic E-state index is 13.5. The number of aryl methyl sites for hydroxylation is 1. The van der Waals surface area contributed by atoms with Gasteiger partial charge in [-0.1, -0.05) is 0 Å². The average Bonchev–Trinajstić information content (AvgIpc) is 3.19. The maximum Gasteiger partial charge on any atom is 0.416 e. The van der Waals surface area contributed by atoms with Crippen molar-refractivity contribution in [3.05, 3.63) is 65.9 Å². The number of halogens is 3. The minimum absolute atomic E-state index is 0.0209. The van der Waals surface area contributed by atoms with Crippen LogP contribution in [0.4, 0.5) is 19.0 Å². The molecule has 1 fully saturated rings. The molecule has 4 rings (SSSR count). The van der Waals surface area contributed by atoms with E-state index in [2.05, 4.69) is 9.97 Å². The van der Waals surface area contributed by atoms with Gasteiger partial charge in [0, 0.05) is 43.6 Å². The number of benzene rings is 1. The summed E-state index contributed by atoms with van der Waals surface area (Å²) in [5.74, 6) is 0.273. The fraction of sp³-hybridized carbons (Fsp3) is 0.286. The molecular formula is C21H20F3N5O2. The van der Waals surface area contributed by atoms with Crippen molar-refractivity contribution in [2.75, 3.05) is 31.1 Å². The minimum Gasteiger partial charge on any atom is -0.506 e. The zero-order valence-electron chi connectivity index (χ0n) is 16.7. The Hall–Kier alpha value is -3.56. The van der Waals surface area contributed by atoms with E-state index in [-0.39, 0.29) is 17.0 Å². The molecule has 1 saturated heterocycles. The molecule has 1 aliphatic heterocycles. The van der Waals surface area contributed by atoms with Crippen molar-refractivity contribution in [3.63, 3.8) is 0 Å². The highest BCUT2D eigenvalue weighted by atomic mass is 19.4. The van der Waals surface area contributed by atoms with Gasteiger partial charge in [-0.05, 0) is 37.3 Å². The molecule has 0 spiro atoms. The summed E-state index contributed by atoms with van der Waals surface area (Å²) in [6.07, 6.45) is -0.214. The van der Waals surface area contributed by atoms with Gasteiger partial charge in [0.1, 0.15) is 11.6 Å². The van der Waals surface area contributed by atoms with Gasteiger partial charge in [0.2, 0.25) is 0 Å². The van der Waals surface area contributed by atoms with E-state index in [1.807, 2.05) is 4.90 Å². The zero-order valence-corrected chi connectivity index (χ0v) is 16.7. The predicted molar refractivity (Wildman–Crippen MR) is 107 cm³/mol. The largest absolute Gasteiger partial charge is 0.506 e. The molecule has 1 N–H and O–H groups in total. The Kier molecular flexibility index (Phi) is 5.30. The van der Waals surface area contributed by atoms with E-state index in [0.717, 1.165) is 12.1 Å². The van der Waals surface area contributed by atoms with E-state index < -0.39 is 17.6 Å². The molecule has 31 heavy (non-hydrogen) atoms. The number of aromatic nitrogens is 3. The van der Waals surface area contributed by atoms with Crippen LogP contribution in [0, 0.1) is 6.92 Å². The minimum atomic E-state index is -4.58. The fourth-order valence-electron chi connectivity index (χ4n) is 3.50. The van der Waals surface area contributed by atoms with Crippen LogP contribution in [0.5, 0.6) is 5.75 Å². The highest BCUT2D eigenvalue weighted by Gasteiger charge is 2.33. The summed E-state index contributed by atoms with van der Waals surface area (Å²) in [6, 6.07) is 6.56. The first-order chi connectivity index (χ1) is 14.7. The number of carbonyl (C=O) groups excluding carboxylic acids is 1. The number of imidazole rings is 1. The number of carbonyl (C=O) groups is 1. The lowest BCUT2D eigenvalue weighted by molar-refractivity contribution is -0.137. The number of anilines is 1. The first kappa shape index (κ1) is 20.7. The summed E-state index contributed by atoms with van der Waals surface area (Å²) >= 11 is 0. The molecule has 0 unspecified atom stereocenters. The van der Waals surface area contributed by atoms with Gasteiger partial charge in [0.25, 0.3) is 5.91 Å². The molecular weight excluding hydrogens is 411 g/mol. The van der Waals surface area contributed by atoms with Crippen LogP contribution in [0.3, 0.4) is 0 Å². The quantitative estimate of drug-likeness (QED) is 0.689. The molecule has 0 aliphatic carbocycles. The SMILES string of the molecule is Cc1cn(-c2cc(C(=O)N3CCN(c4ccc(O)cn4)CC3)cc(C(F)(F)F)c2)cn1. The molecule has 0 radical (unpaired) electrons. The van der Waals surface area contributed by atoms with Gasteiger partial charge in [-0.25, -0.2) is 9.97 Å². The smallest absolute Gasteiger partial charge is 0.416 e. The average molecular weight is 431 g/mol. The summed E-state index contributed by atoms with van der Waals surface area (Å²) in [5.41, 5.74) is -0.0195. The van der Waals surface area contributed by atoms with Gasteiger partial charge >= 0.3 is 6.18 Å².